The van der Waals surface area contributed by atoms with Crippen LogP contribution in [0.1, 0.15) is 22.6 Å². The minimum absolute atomic E-state index is 0.0846. The minimum atomic E-state index is -4.38. The first kappa shape index (κ1) is 14.3. The molecular weight excluding hydrogens is 299 g/mol. The van der Waals surface area contributed by atoms with Gasteiger partial charge in [-0.2, -0.15) is 13.2 Å². The van der Waals surface area contributed by atoms with Crippen LogP contribution in [0.5, 0.6) is 0 Å². The van der Waals surface area contributed by atoms with Crippen molar-refractivity contribution in [3.05, 3.63) is 64.2 Å². The van der Waals surface area contributed by atoms with Crippen LogP contribution in [0.25, 0.3) is 0 Å². The number of rotatable bonds is 3. The molecule has 5 heteroatoms. The molecule has 0 saturated heterocycles. The molecular formula is C16H13ClF3N. The van der Waals surface area contributed by atoms with Crippen molar-refractivity contribution in [2.75, 3.05) is 11.9 Å². The van der Waals surface area contributed by atoms with Gasteiger partial charge in [-0.05, 0) is 35.7 Å². The first-order valence-electron chi connectivity index (χ1n) is 6.63. The maximum Gasteiger partial charge on any atom is 0.416 e. The predicted octanol–water partition coefficient (Wildman–Crippen LogP) is 5.11. The monoisotopic (exact) mass is 311 g/mol. The number of benzene rings is 2. The first-order chi connectivity index (χ1) is 9.93. The SMILES string of the molecule is FC(F)(F)c1cc(Cl)cc(NCC2Cc3ccccc32)c1. The van der Waals surface area contributed by atoms with E-state index in [1.807, 2.05) is 12.1 Å². The molecule has 0 amide bonds. The summed E-state index contributed by atoms with van der Waals surface area (Å²) in [6.07, 6.45) is -3.43. The van der Waals surface area contributed by atoms with Crippen molar-refractivity contribution >= 4 is 17.3 Å². The van der Waals surface area contributed by atoms with Crippen LogP contribution in [0.4, 0.5) is 18.9 Å². The summed E-state index contributed by atoms with van der Waals surface area (Å²) in [5, 5.41) is 3.14. The Bertz CT molecular complexity index is 667. The molecule has 3 rings (SSSR count). The third-order valence-electron chi connectivity index (χ3n) is 3.74. The van der Waals surface area contributed by atoms with Gasteiger partial charge in [-0.25, -0.2) is 0 Å². The fourth-order valence-electron chi connectivity index (χ4n) is 2.64. The number of hydrogen-bond acceptors (Lipinski definition) is 1. The van der Waals surface area contributed by atoms with Gasteiger partial charge < -0.3 is 5.32 Å². The quantitative estimate of drug-likeness (QED) is 0.830. The lowest BCUT2D eigenvalue weighted by molar-refractivity contribution is -0.137. The van der Waals surface area contributed by atoms with E-state index >= 15 is 0 Å². The van der Waals surface area contributed by atoms with E-state index in [2.05, 4.69) is 17.4 Å². The van der Waals surface area contributed by atoms with Gasteiger partial charge in [-0.15, -0.1) is 0 Å². The average molecular weight is 312 g/mol. The lowest BCUT2D eigenvalue weighted by atomic mass is 9.77. The van der Waals surface area contributed by atoms with Crippen LogP contribution >= 0.6 is 11.6 Å². The Morgan fingerprint density at radius 3 is 2.62 bits per heavy atom. The average Bonchev–Trinajstić information content (AvgIpc) is 2.38. The van der Waals surface area contributed by atoms with Crippen molar-refractivity contribution in [1.29, 1.82) is 0 Å². The Balaban J connectivity index is 1.71. The van der Waals surface area contributed by atoms with Gasteiger partial charge >= 0.3 is 6.18 Å². The van der Waals surface area contributed by atoms with Gasteiger partial charge in [0.1, 0.15) is 0 Å². The van der Waals surface area contributed by atoms with E-state index in [1.54, 1.807) is 0 Å². The number of halogens is 4. The van der Waals surface area contributed by atoms with Crippen LogP contribution in [0, 0.1) is 0 Å². The lowest BCUT2D eigenvalue weighted by Crippen LogP contribution is -2.24. The van der Waals surface area contributed by atoms with Gasteiger partial charge in [0, 0.05) is 23.2 Å². The van der Waals surface area contributed by atoms with Crippen LogP contribution in [-0.4, -0.2) is 6.54 Å². The molecule has 0 heterocycles. The molecule has 1 nitrogen and oxygen atoms in total. The van der Waals surface area contributed by atoms with Crippen molar-refractivity contribution < 1.29 is 13.2 Å². The topological polar surface area (TPSA) is 12.0 Å². The van der Waals surface area contributed by atoms with E-state index in [9.17, 15) is 13.2 Å². The van der Waals surface area contributed by atoms with E-state index in [0.29, 0.717) is 18.2 Å². The van der Waals surface area contributed by atoms with E-state index < -0.39 is 11.7 Å². The Hall–Kier alpha value is -1.68. The summed E-state index contributed by atoms with van der Waals surface area (Å²) in [6.45, 7) is 0.606. The minimum Gasteiger partial charge on any atom is -0.384 e. The Morgan fingerprint density at radius 2 is 1.90 bits per heavy atom. The highest BCUT2D eigenvalue weighted by Crippen LogP contribution is 2.36. The van der Waals surface area contributed by atoms with E-state index in [0.717, 1.165) is 18.6 Å². The van der Waals surface area contributed by atoms with Gasteiger partial charge in [0.25, 0.3) is 0 Å². The predicted molar refractivity (Wildman–Crippen MR) is 77.8 cm³/mol. The molecule has 2 aromatic carbocycles. The molecule has 1 aliphatic rings. The molecule has 21 heavy (non-hydrogen) atoms. The second kappa shape index (κ2) is 5.26. The van der Waals surface area contributed by atoms with Crippen LogP contribution in [0.3, 0.4) is 0 Å². The van der Waals surface area contributed by atoms with Gasteiger partial charge in [0.05, 0.1) is 5.56 Å². The summed E-state index contributed by atoms with van der Waals surface area (Å²) >= 11 is 5.76. The van der Waals surface area contributed by atoms with Crippen molar-refractivity contribution in [3.63, 3.8) is 0 Å². The molecule has 1 aliphatic carbocycles. The second-order valence-corrected chi connectivity index (χ2v) is 5.64. The van der Waals surface area contributed by atoms with Gasteiger partial charge in [0.15, 0.2) is 0 Å². The van der Waals surface area contributed by atoms with Gasteiger partial charge in [-0.1, -0.05) is 35.9 Å². The van der Waals surface area contributed by atoms with Crippen molar-refractivity contribution in [2.24, 2.45) is 0 Å². The van der Waals surface area contributed by atoms with Gasteiger partial charge in [-0.3, -0.25) is 0 Å². The highest BCUT2D eigenvalue weighted by atomic mass is 35.5. The lowest BCUT2D eigenvalue weighted by Gasteiger charge is -2.30. The highest BCUT2D eigenvalue weighted by Gasteiger charge is 2.31. The van der Waals surface area contributed by atoms with Crippen molar-refractivity contribution in [2.45, 2.75) is 18.5 Å². The summed E-state index contributed by atoms with van der Waals surface area (Å²) in [7, 11) is 0. The van der Waals surface area contributed by atoms with Crippen LogP contribution in [-0.2, 0) is 12.6 Å². The maximum atomic E-state index is 12.7. The van der Waals surface area contributed by atoms with E-state index in [-0.39, 0.29) is 5.02 Å². The molecule has 1 atom stereocenters. The zero-order valence-electron chi connectivity index (χ0n) is 11.0. The standard InChI is InChI=1S/C16H13ClF3N/c17-13-6-12(16(18,19)20)7-14(8-13)21-9-11-5-10-3-1-2-4-15(10)11/h1-4,6-8,11,21H,5,9H2. The van der Waals surface area contributed by atoms with Gasteiger partial charge in [0.2, 0.25) is 0 Å². The summed E-state index contributed by atoms with van der Waals surface area (Å²) in [5.74, 6) is 0.342. The molecule has 0 bridgehead atoms. The molecule has 1 N–H and O–H groups in total. The molecule has 0 fully saturated rings. The largest absolute Gasteiger partial charge is 0.416 e. The number of fused-ring (bicyclic) bond motifs is 1. The normalized spacial score (nSPS) is 17.0. The summed E-state index contributed by atoms with van der Waals surface area (Å²) in [5.41, 5.74) is 2.25. The molecule has 0 aliphatic heterocycles. The third-order valence-corrected chi connectivity index (χ3v) is 3.96. The van der Waals surface area contributed by atoms with Crippen LogP contribution in [0.2, 0.25) is 5.02 Å². The number of alkyl halides is 3. The Morgan fingerprint density at radius 1 is 1.14 bits per heavy atom. The highest BCUT2D eigenvalue weighted by molar-refractivity contribution is 6.30. The summed E-state index contributed by atoms with van der Waals surface area (Å²) in [4.78, 5) is 0. The zero-order valence-corrected chi connectivity index (χ0v) is 11.8. The van der Waals surface area contributed by atoms with Crippen LogP contribution < -0.4 is 5.32 Å². The molecule has 0 aromatic heterocycles. The number of nitrogens with one attached hydrogen (secondary N) is 1. The van der Waals surface area contributed by atoms with Crippen molar-refractivity contribution in [3.8, 4) is 0 Å². The fraction of sp³-hybridized carbons (Fsp3) is 0.250. The number of hydrogen-bond donors (Lipinski definition) is 1. The summed E-state index contributed by atoms with van der Waals surface area (Å²) in [6, 6.07) is 11.7. The van der Waals surface area contributed by atoms with E-state index in [1.165, 1.54) is 17.2 Å². The molecule has 110 valence electrons. The van der Waals surface area contributed by atoms with E-state index in [4.69, 9.17) is 11.6 Å². The first-order valence-corrected chi connectivity index (χ1v) is 7.01. The molecule has 0 spiro atoms. The molecule has 0 saturated carbocycles. The Kier molecular flexibility index (Phi) is 3.57. The third kappa shape index (κ3) is 3.00. The maximum absolute atomic E-state index is 12.7. The zero-order chi connectivity index (χ0) is 15.0. The van der Waals surface area contributed by atoms with Crippen LogP contribution in [0.15, 0.2) is 42.5 Å². The second-order valence-electron chi connectivity index (χ2n) is 5.21. The summed E-state index contributed by atoms with van der Waals surface area (Å²) < 4.78 is 38.2. The molecule has 1 unspecified atom stereocenters. The van der Waals surface area contributed by atoms with Crippen molar-refractivity contribution in [1.82, 2.24) is 0 Å². The smallest absolute Gasteiger partial charge is 0.384 e. The number of anilines is 1. The fourth-order valence-corrected chi connectivity index (χ4v) is 2.88. The molecule has 0 radical (unpaired) electrons. The Labute approximate surface area is 125 Å². The molecule has 2 aromatic rings.